The Labute approximate surface area is 111 Å². The third-order valence-corrected chi connectivity index (χ3v) is 3.90. The lowest BCUT2D eigenvalue weighted by molar-refractivity contribution is -0.130. The van der Waals surface area contributed by atoms with E-state index in [1.165, 1.54) is 0 Å². The van der Waals surface area contributed by atoms with Gasteiger partial charge >= 0.3 is 0 Å². The molecule has 5 heteroatoms. The third kappa shape index (κ3) is 2.04. The summed E-state index contributed by atoms with van der Waals surface area (Å²) in [4.78, 5) is 13.6. The van der Waals surface area contributed by atoms with Crippen molar-refractivity contribution in [2.24, 2.45) is 0 Å². The van der Waals surface area contributed by atoms with E-state index in [1.807, 2.05) is 4.90 Å². The van der Waals surface area contributed by atoms with Crippen molar-refractivity contribution in [3.8, 4) is 0 Å². The number of nitrogens with zero attached hydrogens (tertiary/aromatic N) is 1. The first-order valence-corrected chi connectivity index (χ1v) is 7.33. The van der Waals surface area contributed by atoms with Crippen LogP contribution in [-0.4, -0.2) is 31.6 Å². The highest BCUT2D eigenvalue weighted by Gasteiger charge is 2.48. The molecule has 2 aliphatic rings. The second kappa shape index (κ2) is 4.40. The number of ether oxygens (including phenoxy) is 1. The van der Waals surface area contributed by atoms with E-state index in [1.54, 1.807) is 0 Å². The van der Waals surface area contributed by atoms with Crippen molar-refractivity contribution < 1.29 is 9.53 Å². The first-order chi connectivity index (χ1) is 6.64. The largest absolute Gasteiger partial charge is 0.356 e. The van der Waals surface area contributed by atoms with Gasteiger partial charge in [-0.05, 0) is 64.4 Å². The lowest BCUT2D eigenvalue weighted by atomic mass is 9.95. The predicted molar refractivity (Wildman–Crippen MR) is 70.7 cm³/mol. The Kier molecular flexibility index (Phi) is 3.58. The molecule has 0 N–H and O–H groups in total. The molecule has 0 spiro atoms. The molecule has 0 radical (unpaired) electrons. The number of rotatable bonds is 3. The van der Waals surface area contributed by atoms with Gasteiger partial charge in [-0.1, -0.05) is 0 Å². The van der Waals surface area contributed by atoms with E-state index in [4.69, 9.17) is 4.74 Å². The molecule has 1 atom stereocenters. The molecule has 2 saturated heterocycles. The summed E-state index contributed by atoms with van der Waals surface area (Å²) < 4.78 is 5.86. The molecule has 1 unspecified atom stereocenters. The second-order valence-corrected chi connectivity index (χ2v) is 8.59. The van der Waals surface area contributed by atoms with Crippen LogP contribution in [0.4, 0.5) is 0 Å². The Bertz CT molecular complexity index is 247. The van der Waals surface area contributed by atoms with Gasteiger partial charge in [-0.3, -0.25) is 4.79 Å². The molecule has 2 rings (SSSR count). The van der Waals surface area contributed by atoms with Crippen molar-refractivity contribution in [3.63, 3.8) is 0 Å². The van der Waals surface area contributed by atoms with Crippen LogP contribution >= 0.6 is 45.2 Å². The highest BCUT2D eigenvalue weighted by Crippen LogP contribution is 2.40. The summed E-state index contributed by atoms with van der Waals surface area (Å²) in [5.41, 5.74) is 0.0612. The smallest absolute Gasteiger partial charge is 0.223 e. The molecule has 2 heterocycles. The summed E-state index contributed by atoms with van der Waals surface area (Å²) in [6.07, 6.45) is 3.98. The molecule has 1 amide bonds. The standard InChI is InChI=1S/C9H13I2NO2/c10-8(11)14-6-9-3-1-5-12(9)7(13)2-4-9/h8H,1-6H2. The number of fused-ring (bicyclic) bond motifs is 1. The van der Waals surface area contributed by atoms with E-state index in [9.17, 15) is 4.79 Å². The van der Waals surface area contributed by atoms with Gasteiger partial charge in [0.25, 0.3) is 0 Å². The fourth-order valence-electron chi connectivity index (χ4n) is 2.50. The SMILES string of the molecule is O=C1CCC2(COC(I)I)CCCN12. The van der Waals surface area contributed by atoms with Gasteiger partial charge in [0.15, 0.2) is 2.12 Å². The van der Waals surface area contributed by atoms with Crippen LogP contribution in [0.1, 0.15) is 25.7 Å². The second-order valence-electron chi connectivity index (χ2n) is 3.94. The van der Waals surface area contributed by atoms with Gasteiger partial charge in [-0.2, -0.15) is 0 Å². The molecule has 3 nitrogen and oxygen atoms in total. The fraction of sp³-hybridized carbons (Fsp3) is 0.889. The van der Waals surface area contributed by atoms with Crippen molar-refractivity contribution in [3.05, 3.63) is 0 Å². The Morgan fingerprint density at radius 3 is 3.00 bits per heavy atom. The Hall–Kier alpha value is 0.890. The Morgan fingerprint density at radius 1 is 1.50 bits per heavy atom. The molecular formula is C9H13I2NO2. The molecule has 0 aromatic rings. The molecular weight excluding hydrogens is 408 g/mol. The van der Waals surface area contributed by atoms with Crippen LogP contribution in [0.2, 0.25) is 0 Å². The van der Waals surface area contributed by atoms with E-state index in [0.717, 1.165) is 38.8 Å². The maximum Gasteiger partial charge on any atom is 0.223 e. The molecule has 0 saturated carbocycles. The van der Waals surface area contributed by atoms with Crippen molar-refractivity contribution in [1.82, 2.24) is 4.90 Å². The van der Waals surface area contributed by atoms with Crippen LogP contribution < -0.4 is 0 Å². The fourth-order valence-corrected chi connectivity index (χ4v) is 2.86. The average Bonchev–Trinajstić information content (AvgIpc) is 2.65. The van der Waals surface area contributed by atoms with Gasteiger partial charge in [0.05, 0.1) is 12.1 Å². The van der Waals surface area contributed by atoms with Gasteiger partial charge in [0.2, 0.25) is 5.91 Å². The van der Waals surface area contributed by atoms with Gasteiger partial charge in [0.1, 0.15) is 0 Å². The number of alkyl halides is 2. The zero-order chi connectivity index (χ0) is 10.2. The molecule has 0 aromatic carbocycles. The summed E-state index contributed by atoms with van der Waals surface area (Å²) >= 11 is 4.49. The predicted octanol–water partition coefficient (Wildman–Crippen LogP) is 2.31. The highest BCUT2D eigenvalue weighted by molar-refractivity contribution is 14.2. The van der Waals surface area contributed by atoms with Gasteiger partial charge in [0, 0.05) is 13.0 Å². The first-order valence-electron chi connectivity index (χ1n) is 4.84. The van der Waals surface area contributed by atoms with E-state index in [0.29, 0.717) is 5.91 Å². The minimum absolute atomic E-state index is 0.0612. The topological polar surface area (TPSA) is 29.5 Å². The van der Waals surface area contributed by atoms with Crippen LogP contribution in [-0.2, 0) is 9.53 Å². The van der Waals surface area contributed by atoms with Crippen molar-refractivity contribution in [1.29, 1.82) is 0 Å². The van der Waals surface area contributed by atoms with E-state index < -0.39 is 0 Å². The van der Waals surface area contributed by atoms with Crippen LogP contribution in [0.3, 0.4) is 0 Å². The zero-order valence-corrected chi connectivity index (χ0v) is 12.2. The summed E-state index contributed by atoms with van der Waals surface area (Å²) in [5.74, 6) is 0.324. The van der Waals surface area contributed by atoms with Crippen molar-refractivity contribution >= 4 is 51.1 Å². The molecule has 2 fully saturated rings. The molecule has 0 aromatic heterocycles. The summed E-state index contributed by atoms with van der Waals surface area (Å²) in [5, 5.41) is 0. The minimum Gasteiger partial charge on any atom is -0.356 e. The van der Waals surface area contributed by atoms with Gasteiger partial charge < -0.3 is 9.64 Å². The Balaban J connectivity index is 2.02. The number of hydrogen-bond donors (Lipinski definition) is 0. The lowest BCUT2D eigenvalue weighted by Crippen LogP contribution is -2.44. The van der Waals surface area contributed by atoms with E-state index in [-0.39, 0.29) is 7.66 Å². The molecule has 14 heavy (non-hydrogen) atoms. The lowest BCUT2D eigenvalue weighted by Gasteiger charge is -2.31. The monoisotopic (exact) mass is 421 g/mol. The number of hydrogen-bond acceptors (Lipinski definition) is 2. The number of carbonyl (C=O) groups is 1. The maximum absolute atomic E-state index is 11.6. The van der Waals surface area contributed by atoms with Gasteiger partial charge in [-0.15, -0.1) is 0 Å². The van der Waals surface area contributed by atoms with Crippen LogP contribution in [0.25, 0.3) is 0 Å². The Morgan fingerprint density at radius 2 is 2.29 bits per heavy atom. The van der Waals surface area contributed by atoms with E-state index >= 15 is 0 Å². The quantitative estimate of drug-likeness (QED) is 0.518. The first kappa shape index (κ1) is 11.4. The maximum atomic E-state index is 11.6. The number of halogens is 2. The summed E-state index contributed by atoms with van der Waals surface area (Å²) in [7, 11) is 0. The minimum atomic E-state index is 0.0612. The summed E-state index contributed by atoms with van der Waals surface area (Å²) in [6, 6.07) is 0. The number of amides is 1. The number of carbonyl (C=O) groups excluding carboxylic acids is 1. The third-order valence-electron chi connectivity index (χ3n) is 3.18. The van der Waals surface area contributed by atoms with Crippen LogP contribution in [0, 0.1) is 0 Å². The van der Waals surface area contributed by atoms with Crippen molar-refractivity contribution in [2.45, 2.75) is 33.3 Å². The molecule has 80 valence electrons. The zero-order valence-electron chi connectivity index (χ0n) is 7.84. The normalized spacial score (nSPS) is 31.6. The van der Waals surface area contributed by atoms with Crippen LogP contribution in [0.5, 0.6) is 0 Å². The van der Waals surface area contributed by atoms with Crippen molar-refractivity contribution in [2.75, 3.05) is 13.2 Å². The average molecular weight is 421 g/mol. The van der Waals surface area contributed by atoms with E-state index in [2.05, 4.69) is 45.2 Å². The molecule has 0 aliphatic carbocycles. The van der Waals surface area contributed by atoms with Crippen LogP contribution in [0.15, 0.2) is 0 Å². The molecule has 2 aliphatic heterocycles. The van der Waals surface area contributed by atoms with Gasteiger partial charge in [-0.25, -0.2) is 0 Å². The summed E-state index contributed by atoms with van der Waals surface area (Å²) in [6.45, 7) is 1.66. The molecule has 0 bridgehead atoms. The highest BCUT2D eigenvalue weighted by atomic mass is 127.